The van der Waals surface area contributed by atoms with Crippen LogP contribution in [0.15, 0.2) is 36.7 Å². The van der Waals surface area contributed by atoms with E-state index in [1.807, 2.05) is 12.3 Å². The Morgan fingerprint density at radius 2 is 2.35 bits per heavy atom. The van der Waals surface area contributed by atoms with Crippen molar-refractivity contribution in [2.24, 2.45) is 0 Å². The molecule has 1 atom stereocenters. The Kier molecular flexibility index (Phi) is 4.13. The van der Waals surface area contributed by atoms with E-state index in [-0.39, 0.29) is 11.9 Å². The van der Waals surface area contributed by atoms with Gasteiger partial charge in [-0.25, -0.2) is 4.79 Å². The van der Waals surface area contributed by atoms with Crippen molar-refractivity contribution in [3.05, 3.63) is 36.7 Å². The van der Waals surface area contributed by atoms with Crippen LogP contribution in [0.3, 0.4) is 0 Å². The zero-order chi connectivity index (χ0) is 16.2. The van der Waals surface area contributed by atoms with E-state index in [0.29, 0.717) is 30.2 Å². The summed E-state index contributed by atoms with van der Waals surface area (Å²) >= 11 is 0. The lowest BCUT2D eigenvalue weighted by molar-refractivity contribution is -0.122. The fourth-order valence-electron chi connectivity index (χ4n) is 2.18. The maximum absolute atomic E-state index is 11.9. The van der Waals surface area contributed by atoms with Crippen LogP contribution in [0.2, 0.25) is 0 Å². The quantitative estimate of drug-likeness (QED) is 0.795. The van der Waals surface area contributed by atoms with Gasteiger partial charge in [-0.2, -0.15) is 5.10 Å². The number of nitrogens with zero attached hydrogens (tertiary/aromatic N) is 2. The first kappa shape index (κ1) is 14.9. The predicted octanol–water partition coefficient (Wildman–Crippen LogP) is 1.42. The average Bonchev–Trinajstić information content (AvgIpc) is 3.02. The first-order chi connectivity index (χ1) is 11.1. The maximum atomic E-state index is 11.9. The number of carbonyl (C=O) groups excluding carboxylic acids is 2. The molecule has 1 aromatic heterocycles. The number of benzene rings is 1. The second-order valence-corrected chi connectivity index (χ2v) is 5.11. The van der Waals surface area contributed by atoms with Crippen LogP contribution < -0.4 is 20.7 Å². The number of hydrogen-bond donors (Lipinski definition) is 3. The SMILES string of the molecule is CC1Oc2ccc(NC(=O)NCCn3cccn3)cc2NC1=O. The van der Waals surface area contributed by atoms with Crippen LogP contribution in [0.1, 0.15) is 6.92 Å². The van der Waals surface area contributed by atoms with Gasteiger partial charge in [0.05, 0.1) is 12.2 Å². The summed E-state index contributed by atoms with van der Waals surface area (Å²) in [6.07, 6.45) is 2.99. The molecule has 1 unspecified atom stereocenters. The minimum Gasteiger partial charge on any atom is -0.479 e. The number of amides is 3. The van der Waals surface area contributed by atoms with E-state index in [4.69, 9.17) is 4.74 Å². The highest BCUT2D eigenvalue weighted by molar-refractivity contribution is 5.99. The Morgan fingerprint density at radius 1 is 1.48 bits per heavy atom. The Morgan fingerprint density at radius 3 is 3.13 bits per heavy atom. The van der Waals surface area contributed by atoms with Crippen LogP contribution in [0.25, 0.3) is 0 Å². The maximum Gasteiger partial charge on any atom is 0.319 e. The third kappa shape index (κ3) is 3.60. The molecule has 0 bridgehead atoms. The first-order valence-corrected chi connectivity index (χ1v) is 7.25. The lowest BCUT2D eigenvalue weighted by Crippen LogP contribution is -2.34. The van der Waals surface area contributed by atoms with Crippen molar-refractivity contribution in [1.29, 1.82) is 0 Å². The van der Waals surface area contributed by atoms with Gasteiger partial charge in [-0.05, 0) is 31.2 Å². The van der Waals surface area contributed by atoms with Gasteiger partial charge in [0.2, 0.25) is 0 Å². The van der Waals surface area contributed by atoms with Crippen molar-refractivity contribution in [3.63, 3.8) is 0 Å². The molecule has 23 heavy (non-hydrogen) atoms. The molecule has 0 fully saturated rings. The van der Waals surface area contributed by atoms with Gasteiger partial charge in [0.25, 0.3) is 5.91 Å². The number of anilines is 2. The van der Waals surface area contributed by atoms with E-state index in [9.17, 15) is 9.59 Å². The number of aromatic nitrogens is 2. The molecule has 8 heteroatoms. The molecule has 1 aromatic carbocycles. The van der Waals surface area contributed by atoms with Crippen LogP contribution in [0, 0.1) is 0 Å². The van der Waals surface area contributed by atoms with Crippen molar-refractivity contribution in [2.45, 2.75) is 19.6 Å². The summed E-state index contributed by atoms with van der Waals surface area (Å²) in [5, 5.41) is 12.2. The molecule has 3 N–H and O–H groups in total. The van der Waals surface area contributed by atoms with Gasteiger partial charge < -0.3 is 20.7 Å². The minimum atomic E-state index is -0.521. The third-order valence-corrected chi connectivity index (χ3v) is 3.35. The highest BCUT2D eigenvalue weighted by atomic mass is 16.5. The van der Waals surface area contributed by atoms with E-state index in [0.717, 1.165) is 0 Å². The van der Waals surface area contributed by atoms with Crippen molar-refractivity contribution in [1.82, 2.24) is 15.1 Å². The fraction of sp³-hybridized carbons (Fsp3) is 0.267. The number of carbonyl (C=O) groups is 2. The van der Waals surface area contributed by atoms with Crippen molar-refractivity contribution < 1.29 is 14.3 Å². The molecule has 2 heterocycles. The van der Waals surface area contributed by atoms with Gasteiger partial charge in [0, 0.05) is 24.6 Å². The Bertz CT molecular complexity index is 714. The standard InChI is InChI=1S/C15H17N5O3/c1-10-14(21)19-12-9-11(3-4-13(12)23-10)18-15(22)16-6-8-20-7-2-5-17-20/h2-5,7,9-10H,6,8H2,1H3,(H,19,21)(H2,16,18,22). The highest BCUT2D eigenvalue weighted by Gasteiger charge is 2.23. The van der Waals surface area contributed by atoms with Gasteiger partial charge in [-0.15, -0.1) is 0 Å². The molecule has 1 aliphatic rings. The summed E-state index contributed by atoms with van der Waals surface area (Å²) in [6.45, 7) is 2.72. The van der Waals surface area contributed by atoms with Crippen LogP contribution >= 0.6 is 0 Å². The Hall–Kier alpha value is -3.03. The van der Waals surface area contributed by atoms with Gasteiger partial charge in [0.15, 0.2) is 6.10 Å². The molecule has 0 spiro atoms. The van der Waals surface area contributed by atoms with E-state index in [1.165, 1.54) is 0 Å². The molecule has 8 nitrogen and oxygen atoms in total. The molecule has 120 valence electrons. The summed E-state index contributed by atoms with van der Waals surface area (Å²) in [6, 6.07) is 6.59. The number of nitrogens with one attached hydrogen (secondary N) is 3. The number of urea groups is 1. The number of hydrogen-bond acceptors (Lipinski definition) is 4. The molecular weight excluding hydrogens is 298 g/mol. The zero-order valence-corrected chi connectivity index (χ0v) is 12.6. The predicted molar refractivity (Wildman–Crippen MR) is 84.4 cm³/mol. The van der Waals surface area contributed by atoms with Crippen molar-refractivity contribution >= 4 is 23.3 Å². The summed E-state index contributed by atoms with van der Waals surface area (Å²) in [4.78, 5) is 23.5. The number of fused-ring (bicyclic) bond motifs is 1. The molecule has 3 amide bonds. The lowest BCUT2D eigenvalue weighted by atomic mass is 10.2. The van der Waals surface area contributed by atoms with Crippen molar-refractivity contribution in [2.75, 3.05) is 17.2 Å². The normalized spacial score (nSPS) is 16.0. The largest absolute Gasteiger partial charge is 0.479 e. The molecule has 0 saturated heterocycles. The third-order valence-electron chi connectivity index (χ3n) is 3.35. The second kappa shape index (κ2) is 6.39. The van der Waals surface area contributed by atoms with Crippen LogP contribution in [0.4, 0.5) is 16.2 Å². The summed E-state index contributed by atoms with van der Waals surface area (Å²) in [5.41, 5.74) is 1.11. The van der Waals surface area contributed by atoms with Gasteiger partial charge in [0.1, 0.15) is 5.75 Å². The van der Waals surface area contributed by atoms with E-state index < -0.39 is 6.10 Å². The fourth-order valence-corrected chi connectivity index (χ4v) is 2.18. The zero-order valence-electron chi connectivity index (χ0n) is 12.6. The lowest BCUT2D eigenvalue weighted by Gasteiger charge is -2.23. The summed E-state index contributed by atoms with van der Waals surface area (Å²) in [5.74, 6) is 0.375. The van der Waals surface area contributed by atoms with Crippen LogP contribution in [-0.4, -0.2) is 34.4 Å². The van der Waals surface area contributed by atoms with E-state index in [2.05, 4.69) is 21.0 Å². The Labute approximate surface area is 132 Å². The first-order valence-electron chi connectivity index (χ1n) is 7.25. The highest BCUT2D eigenvalue weighted by Crippen LogP contribution is 2.32. The monoisotopic (exact) mass is 315 g/mol. The summed E-state index contributed by atoms with van der Waals surface area (Å²) < 4.78 is 7.19. The molecule has 1 aliphatic heterocycles. The Balaban J connectivity index is 1.54. The molecule has 0 aliphatic carbocycles. The smallest absolute Gasteiger partial charge is 0.319 e. The molecule has 0 radical (unpaired) electrons. The van der Waals surface area contributed by atoms with Gasteiger partial charge in [-0.3, -0.25) is 9.48 Å². The minimum absolute atomic E-state index is 0.210. The molecule has 3 rings (SSSR count). The summed E-state index contributed by atoms with van der Waals surface area (Å²) in [7, 11) is 0. The molecule has 0 saturated carbocycles. The molecular formula is C15H17N5O3. The van der Waals surface area contributed by atoms with E-state index >= 15 is 0 Å². The second-order valence-electron chi connectivity index (χ2n) is 5.11. The molecule has 2 aromatic rings. The number of ether oxygens (including phenoxy) is 1. The van der Waals surface area contributed by atoms with Gasteiger partial charge in [-0.1, -0.05) is 0 Å². The topological polar surface area (TPSA) is 97.3 Å². The van der Waals surface area contributed by atoms with Crippen LogP contribution in [-0.2, 0) is 11.3 Å². The van der Waals surface area contributed by atoms with Gasteiger partial charge >= 0.3 is 6.03 Å². The van der Waals surface area contributed by atoms with E-state index in [1.54, 1.807) is 36.0 Å². The van der Waals surface area contributed by atoms with Crippen molar-refractivity contribution in [3.8, 4) is 5.75 Å². The van der Waals surface area contributed by atoms with Crippen LogP contribution in [0.5, 0.6) is 5.75 Å². The average molecular weight is 315 g/mol. The number of rotatable bonds is 4.